The molecular weight excluding hydrogens is 394 g/mol. The molecule has 5 nitrogen and oxygen atoms in total. The number of ether oxygens (including phenoxy) is 1. The number of amides is 1. The molecule has 158 valence electrons. The molecule has 0 radical (unpaired) electrons. The lowest BCUT2D eigenvalue weighted by Crippen LogP contribution is -2.38. The van der Waals surface area contributed by atoms with Crippen molar-refractivity contribution in [2.75, 3.05) is 31.1 Å². The molecule has 0 atom stereocenters. The fourth-order valence-corrected chi connectivity index (χ4v) is 4.72. The molecule has 2 aromatic carbocycles. The summed E-state index contributed by atoms with van der Waals surface area (Å²) in [5.41, 5.74) is 1.76. The van der Waals surface area contributed by atoms with E-state index >= 15 is 0 Å². The van der Waals surface area contributed by atoms with E-state index in [1.165, 1.54) is 4.70 Å². The third kappa shape index (κ3) is 5.11. The highest BCUT2D eigenvalue weighted by atomic mass is 32.1. The highest BCUT2D eigenvalue weighted by Crippen LogP contribution is 2.31. The number of fused-ring (bicyclic) bond motifs is 1. The van der Waals surface area contributed by atoms with Crippen LogP contribution in [0.3, 0.4) is 0 Å². The van der Waals surface area contributed by atoms with Crippen molar-refractivity contribution in [1.82, 2.24) is 10.3 Å². The summed E-state index contributed by atoms with van der Waals surface area (Å²) in [6.07, 6.45) is 4.29. The van der Waals surface area contributed by atoms with Gasteiger partial charge < -0.3 is 15.0 Å². The van der Waals surface area contributed by atoms with Crippen LogP contribution >= 0.6 is 11.3 Å². The van der Waals surface area contributed by atoms with Gasteiger partial charge in [-0.25, -0.2) is 4.98 Å². The van der Waals surface area contributed by atoms with Crippen LogP contribution in [0, 0.1) is 5.92 Å². The number of carbonyl (C=O) groups excluding carboxylic acids is 1. The van der Waals surface area contributed by atoms with Crippen LogP contribution in [0.5, 0.6) is 5.75 Å². The molecule has 1 N–H and O–H groups in total. The molecule has 0 saturated carbocycles. The molecule has 6 heteroatoms. The topological polar surface area (TPSA) is 54.5 Å². The van der Waals surface area contributed by atoms with Crippen molar-refractivity contribution in [3.05, 3.63) is 54.1 Å². The van der Waals surface area contributed by atoms with Crippen LogP contribution in [-0.4, -0.2) is 37.1 Å². The number of carbonyl (C=O) groups is 1. The van der Waals surface area contributed by atoms with E-state index in [0.29, 0.717) is 11.5 Å². The van der Waals surface area contributed by atoms with Crippen molar-refractivity contribution < 1.29 is 9.53 Å². The molecule has 0 spiro atoms. The molecule has 2 heterocycles. The standard InChI is InChI=1S/C24H29N3O2S/c1-2-3-16-29-20-10-8-19(9-11-20)23(28)25-17-18-12-14-27(15-13-18)24-26-21-6-4-5-7-22(21)30-24/h4-11,18H,2-3,12-17H2,1H3,(H,25,28). The Bertz CT molecular complexity index is 929. The second-order valence-corrected chi connectivity index (χ2v) is 8.84. The molecule has 0 aliphatic carbocycles. The predicted molar refractivity (Wildman–Crippen MR) is 124 cm³/mol. The number of anilines is 1. The predicted octanol–water partition coefficient (Wildman–Crippen LogP) is 5.12. The summed E-state index contributed by atoms with van der Waals surface area (Å²) in [5.74, 6) is 1.32. The second kappa shape index (κ2) is 9.94. The van der Waals surface area contributed by atoms with Crippen LogP contribution in [0.4, 0.5) is 5.13 Å². The van der Waals surface area contributed by atoms with Crippen LogP contribution in [0.2, 0.25) is 0 Å². The van der Waals surface area contributed by atoms with Gasteiger partial charge in [0.25, 0.3) is 5.91 Å². The zero-order valence-electron chi connectivity index (χ0n) is 17.5. The first-order valence-electron chi connectivity index (χ1n) is 10.8. The number of nitrogens with zero attached hydrogens (tertiary/aromatic N) is 2. The summed E-state index contributed by atoms with van der Waals surface area (Å²) in [4.78, 5) is 19.6. The minimum atomic E-state index is -0.0105. The number of nitrogens with one attached hydrogen (secondary N) is 1. The lowest BCUT2D eigenvalue weighted by molar-refractivity contribution is 0.0945. The van der Waals surface area contributed by atoms with E-state index < -0.39 is 0 Å². The summed E-state index contributed by atoms with van der Waals surface area (Å²) in [7, 11) is 0. The molecule has 1 saturated heterocycles. The van der Waals surface area contributed by atoms with Crippen molar-refractivity contribution >= 4 is 32.6 Å². The number of benzene rings is 2. The highest BCUT2D eigenvalue weighted by molar-refractivity contribution is 7.22. The Labute approximate surface area is 182 Å². The van der Waals surface area contributed by atoms with Crippen LogP contribution < -0.4 is 15.0 Å². The summed E-state index contributed by atoms with van der Waals surface area (Å²) >= 11 is 1.76. The fraction of sp³-hybridized carbons (Fsp3) is 0.417. The largest absolute Gasteiger partial charge is 0.494 e. The maximum atomic E-state index is 12.5. The Balaban J connectivity index is 1.23. The van der Waals surface area contributed by atoms with Crippen LogP contribution in [0.25, 0.3) is 10.2 Å². The van der Waals surface area contributed by atoms with Crippen molar-refractivity contribution in [3.63, 3.8) is 0 Å². The average molecular weight is 424 g/mol. The Kier molecular flexibility index (Phi) is 6.84. The number of hydrogen-bond donors (Lipinski definition) is 1. The molecule has 0 bridgehead atoms. The van der Waals surface area contributed by atoms with Gasteiger partial charge >= 0.3 is 0 Å². The van der Waals surface area contributed by atoms with Crippen molar-refractivity contribution in [2.45, 2.75) is 32.6 Å². The number of unbranched alkanes of at least 4 members (excludes halogenated alkanes) is 1. The smallest absolute Gasteiger partial charge is 0.251 e. The van der Waals surface area contributed by atoms with Crippen LogP contribution in [0.15, 0.2) is 48.5 Å². The van der Waals surface area contributed by atoms with E-state index in [0.717, 1.165) is 68.3 Å². The molecule has 1 amide bonds. The van der Waals surface area contributed by atoms with Crippen molar-refractivity contribution in [2.24, 2.45) is 5.92 Å². The van der Waals surface area contributed by atoms with Crippen LogP contribution in [-0.2, 0) is 0 Å². The number of para-hydroxylation sites is 1. The normalized spacial score (nSPS) is 14.8. The molecule has 0 unspecified atom stereocenters. The molecule has 1 aliphatic heterocycles. The Hall–Kier alpha value is -2.60. The van der Waals surface area contributed by atoms with Gasteiger partial charge in [-0.2, -0.15) is 0 Å². The van der Waals surface area contributed by atoms with E-state index in [1.807, 2.05) is 30.3 Å². The quantitative estimate of drug-likeness (QED) is 0.511. The molecule has 1 fully saturated rings. The van der Waals surface area contributed by atoms with Crippen molar-refractivity contribution in [3.8, 4) is 5.75 Å². The Morgan fingerprint density at radius 3 is 2.67 bits per heavy atom. The maximum absolute atomic E-state index is 12.5. The lowest BCUT2D eigenvalue weighted by atomic mass is 9.97. The van der Waals surface area contributed by atoms with Gasteiger partial charge in [0.2, 0.25) is 0 Å². The number of hydrogen-bond acceptors (Lipinski definition) is 5. The van der Waals surface area contributed by atoms with Gasteiger partial charge in [0, 0.05) is 25.2 Å². The number of thiazole rings is 1. The molecule has 3 aromatic rings. The van der Waals surface area contributed by atoms with E-state index in [1.54, 1.807) is 11.3 Å². The van der Waals surface area contributed by atoms with Gasteiger partial charge in [0.1, 0.15) is 5.75 Å². The second-order valence-electron chi connectivity index (χ2n) is 7.83. The summed E-state index contributed by atoms with van der Waals surface area (Å²) in [6.45, 7) is 5.56. The van der Waals surface area contributed by atoms with Crippen LogP contribution in [0.1, 0.15) is 43.0 Å². The van der Waals surface area contributed by atoms with E-state index in [9.17, 15) is 4.79 Å². The SMILES string of the molecule is CCCCOc1ccc(C(=O)NCC2CCN(c3nc4ccccc4s3)CC2)cc1. The third-order valence-corrected chi connectivity index (χ3v) is 6.70. The summed E-state index contributed by atoms with van der Waals surface area (Å²) < 4.78 is 6.90. The van der Waals surface area contributed by atoms with Gasteiger partial charge in [0.15, 0.2) is 5.13 Å². The molecular formula is C24H29N3O2S. The van der Waals surface area contributed by atoms with Crippen molar-refractivity contribution in [1.29, 1.82) is 0 Å². The first kappa shape index (κ1) is 20.7. The Morgan fingerprint density at radius 1 is 1.17 bits per heavy atom. The van der Waals surface area contributed by atoms with Gasteiger partial charge in [-0.3, -0.25) is 4.79 Å². The molecule has 1 aliphatic rings. The minimum Gasteiger partial charge on any atom is -0.494 e. The van der Waals surface area contributed by atoms with E-state index in [2.05, 4.69) is 35.3 Å². The molecule has 30 heavy (non-hydrogen) atoms. The molecule has 1 aromatic heterocycles. The monoisotopic (exact) mass is 423 g/mol. The molecule has 4 rings (SSSR count). The fourth-order valence-electron chi connectivity index (χ4n) is 3.70. The number of rotatable bonds is 8. The summed E-state index contributed by atoms with van der Waals surface area (Å²) in [5, 5.41) is 4.22. The average Bonchev–Trinajstić information content (AvgIpc) is 3.23. The van der Waals surface area contributed by atoms with Gasteiger partial charge in [0.05, 0.1) is 16.8 Å². The number of aromatic nitrogens is 1. The minimum absolute atomic E-state index is 0.0105. The zero-order valence-corrected chi connectivity index (χ0v) is 18.3. The van der Waals surface area contributed by atoms with Gasteiger partial charge in [-0.1, -0.05) is 36.8 Å². The third-order valence-electron chi connectivity index (χ3n) is 5.60. The highest BCUT2D eigenvalue weighted by Gasteiger charge is 2.22. The van der Waals surface area contributed by atoms with E-state index in [4.69, 9.17) is 9.72 Å². The number of piperidine rings is 1. The first-order chi connectivity index (χ1) is 14.7. The lowest BCUT2D eigenvalue weighted by Gasteiger charge is -2.31. The van der Waals surface area contributed by atoms with Gasteiger partial charge in [-0.05, 0) is 61.6 Å². The summed E-state index contributed by atoms with van der Waals surface area (Å²) in [6, 6.07) is 15.7. The maximum Gasteiger partial charge on any atom is 0.251 e. The first-order valence-corrected chi connectivity index (χ1v) is 11.7. The Morgan fingerprint density at radius 2 is 1.93 bits per heavy atom. The van der Waals surface area contributed by atoms with Gasteiger partial charge in [-0.15, -0.1) is 0 Å². The zero-order chi connectivity index (χ0) is 20.8. The van der Waals surface area contributed by atoms with E-state index in [-0.39, 0.29) is 5.91 Å².